The molecule has 3 rings (SSSR count). The molecular formula is C19H24N6O. The Hall–Kier alpha value is -2.80. The molecule has 0 radical (unpaired) electrons. The van der Waals surface area contributed by atoms with Crippen LogP contribution in [0.15, 0.2) is 29.4 Å². The summed E-state index contributed by atoms with van der Waals surface area (Å²) in [7, 11) is 0. The summed E-state index contributed by atoms with van der Waals surface area (Å²) in [6.45, 7) is 11.4. The van der Waals surface area contributed by atoms with Crippen LogP contribution in [-0.2, 0) is 11.3 Å². The van der Waals surface area contributed by atoms with Crippen molar-refractivity contribution in [1.29, 1.82) is 0 Å². The van der Waals surface area contributed by atoms with Gasteiger partial charge in [-0.3, -0.25) is 9.69 Å². The van der Waals surface area contributed by atoms with E-state index in [-0.39, 0.29) is 5.91 Å². The Morgan fingerprint density at radius 2 is 1.85 bits per heavy atom. The van der Waals surface area contributed by atoms with Crippen LogP contribution in [-0.4, -0.2) is 44.6 Å². The van der Waals surface area contributed by atoms with Gasteiger partial charge in [-0.25, -0.2) is 15.4 Å². The zero-order valence-electron chi connectivity index (χ0n) is 15.6. The highest BCUT2D eigenvalue weighted by atomic mass is 16.2. The van der Waals surface area contributed by atoms with E-state index in [1.807, 2.05) is 6.08 Å². The maximum Gasteiger partial charge on any atom is 0.273 e. The van der Waals surface area contributed by atoms with E-state index in [1.165, 1.54) is 11.9 Å². The van der Waals surface area contributed by atoms with Gasteiger partial charge in [0.2, 0.25) is 0 Å². The van der Waals surface area contributed by atoms with E-state index >= 15 is 0 Å². The summed E-state index contributed by atoms with van der Waals surface area (Å²) in [5, 5.41) is 4.15. The Morgan fingerprint density at radius 1 is 1.15 bits per heavy atom. The van der Waals surface area contributed by atoms with E-state index in [9.17, 15) is 4.79 Å². The number of hydrazone groups is 1. The molecule has 1 aliphatic heterocycles. The van der Waals surface area contributed by atoms with Crippen molar-refractivity contribution in [1.82, 2.24) is 25.3 Å². The summed E-state index contributed by atoms with van der Waals surface area (Å²) >= 11 is 0. The van der Waals surface area contributed by atoms with Gasteiger partial charge in [-0.05, 0) is 44.1 Å². The van der Waals surface area contributed by atoms with Gasteiger partial charge in [-0.1, -0.05) is 13.8 Å². The van der Waals surface area contributed by atoms with Crippen LogP contribution in [0.5, 0.6) is 0 Å². The summed E-state index contributed by atoms with van der Waals surface area (Å²) in [6.07, 6.45) is 6.62. The fourth-order valence-corrected chi connectivity index (χ4v) is 3.12. The lowest BCUT2D eigenvalue weighted by atomic mass is 10.0. The molecule has 1 amide bonds. The molecular weight excluding hydrogens is 328 g/mol. The molecule has 3 heterocycles. The molecule has 7 nitrogen and oxygen atoms in total. The van der Waals surface area contributed by atoms with Crippen LogP contribution in [0.1, 0.15) is 41.9 Å². The molecule has 0 saturated carbocycles. The fourth-order valence-electron chi connectivity index (χ4n) is 3.12. The van der Waals surface area contributed by atoms with E-state index in [1.54, 1.807) is 12.4 Å². The number of aryl methyl sites for hydroxylation is 1. The number of carbonyl (C=O) groups excluding carboxylic acids is 1. The van der Waals surface area contributed by atoms with Crippen molar-refractivity contribution in [3.63, 3.8) is 0 Å². The number of H-pyrrole nitrogens is 1. The van der Waals surface area contributed by atoms with E-state index < -0.39 is 0 Å². The van der Waals surface area contributed by atoms with Gasteiger partial charge in [0.25, 0.3) is 5.91 Å². The third kappa shape index (κ3) is 3.43. The first kappa shape index (κ1) is 18.0. The number of carbonyl (C=O) groups is 1. The Balaban J connectivity index is 1.96. The minimum absolute atomic E-state index is 0.221. The Labute approximate surface area is 153 Å². The van der Waals surface area contributed by atoms with Crippen LogP contribution >= 0.6 is 0 Å². The second kappa shape index (κ2) is 7.61. The van der Waals surface area contributed by atoms with Gasteiger partial charge in [0.05, 0.1) is 5.57 Å². The van der Waals surface area contributed by atoms with Crippen molar-refractivity contribution < 1.29 is 4.79 Å². The number of nitrogens with one attached hydrogen (secondary N) is 2. The summed E-state index contributed by atoms with van der Waals surface area (Å²) in [5.41, 5.74) is 8.81. The van der Waals surface area contributed by atoms with Crippen molar-refractivity contribution in [2.45, 2.75) is 34.2 Å². The van der Waals surface area contributed by atoms with Crippen molar-refractivity contribution in [3.8, 4) is 0 Å². The second-order valence-electron chi connectivity index (χ2n) is 6.32. The molecule has 0 spiro atoms. The highest BCUT2D eigenvalue weighted by Crippen LogP contribution is 2.24. The Bertz CT molecular complexity index is 862. The number of hydrogen-bond acceptors (Lipinski definition) is 5. The first-order valence-electron chi connectivity index (χ1n) is 8.81. The van der Waals surface area contributed by atoms with E-state index in [0.29, 0.717) is 16.8 Å². The van der Waals surface area contributed by atoms with E-state index in [4.69, 9.17) is 0 Å². The molecule has 2 aromatic rings. The number of nitrogens with zero attached hydrogens (tertiary/aromatic N) is 4. The molecule has 136 valence electrons. The number of aromatic amines is 1. The van der Waals surface area contributed by atoms with Crippen molar-refractivity contribution >= 4 is 17.7 Å². The average molecular weight is 352 g/mol. The molecule has 2 N–H and O–H groups in total. The molecule has 7 heteroatoms. The molecule has 0 unspecified atom stereocenters. The highest BCUT2D eigenvalue weighted by molar-refractivity contribution is 6.33. The van der Waals surface area contributed by atoms with Crippen LogP contribution in [0.25, 0.3) is 6.08 Å². The van der Waals surface area contributed by atoms with Crippen LogP contribution in [0.2, 0.25) is 0 Å². The Morgan fingerprint density at radius 3 is 2.50 bits per heavy atom. The van der Waals surface area contributed by atoms with Crippen molar-refractivity contribution in [2.24, 2.45) is 5.10 Å². The van der Waals surface area contributed by atoms with Gasteiger partial charge < -0.3 is 4.98 Å². The van der Waals surface area contributed by atoms with Crippen LogP contribution in [0.4, 0.5) is 0 Å². The quantitative estimate of drug-likeness (QED) is 0.780. The molecule has 2 aromatic heterocycles. The molecule has 26 heavy (non-hydrogen) atoms. The lowest BCUT2D eigenvalue weighted by Gasteiger charge is -2.18. The third-order valence-electron chi connectivity index (χ3n) is 4.80. The molecule has 0 bridgehead atoms. The van der Waals surface area contributed by atoms with Gasteiger partial charge in [0.15, 0.2) is 0 Å². The number of amides is 1. The monoisotopic (exact) mass is 352 g/mol. The fraction of sp³-hybridized carbons (Fsp3) is 0.368. The maximum absolute atomic E-state index is 12.3. The van der Waals surface area contributed by atoms with Gasteiger partial charge >= 0.3 is 0 Å². The summed E-state index contributed by atoms with van der Waals surface area (Å²) in [6, 6.07) is 0. The van der Waals surface area contributed by atoms with Crippen molar-refractivity contribution in [2.75, 3.05) is 13.1 Å². The van der Waals surface area contributed by atoms with Crippen LogP contribution < -0.4 is 5.43 Å². The molecule has 0 aliphatic carbocycles. The number of aromatic nitrogens is 3. The van der Waals surface area contributed by atoms with Crippen LogP contribution in [0.3, 0.4) is 0 Å². The summed E-state index contributed by atoms with van der Waals surface area (Å²) < 4.78 is 0. The van der Waals surface area contributed by atoms with Gasteiger partial charge in [-0.2, -0.15) is 5.10 Å². The molecule has 0 fully saturated rings. The molecule has 0 saturated heterocycles. The van der Waals surface area contributed by atoms with Gasteiger partial charge in [0, 0.05) is 35.9 Å². The molecule has 0 aromatic carbocycles. The standard InChI is InChI=1S/C19H24N6O/c1-5-25(6-2)10-16-12(3)17(22-13(16)4)7-15-18(23-24-19(15)26)14-8-20-11-21-9-14/h7-9,11,22H,5-6,10H2,1-4H3,(H,24,26). The first-order chi connectivity index (χ1) is 12.5. The predicted molar refractivity (Wildman–Crippen MR) is 102 cm³/mol. The number of hydrogen-bond donors (Lipinski definition) is 2. The zero-order valence-corrected chi connectivity index (χ0v) is 15.6. The third-order valence-corrected chi connectivity index (χ3v) is 4.80. The van der Waals surface area contributed by atoms with Gasteiger partial charge in [0.1, 0.15) is 12.0 Å². The normalized spacial score (nSPS) is 15.7. The lowest BCUT2D eigenvalue weighted by molar-refractivity contribution is -0.116. The van der Waals surface area contributed by atoms with Crippen molar-refractivity contribution in [3.05, 3.63) is 52.4 Å². The van der Waals surface area contributed by atoms with E-state index in [2.05, 4.69) is 58.1 Å². The lowest BCUT2D eigenvalue weighted by Crippen LogP contribution is -2.22. The Kier molecular flexibility index (Phi) is 5.27. The van der Waals surface area contributed by atoms with E-state index in [0.717, 1.165) is 36.6 Å². The molecule has 0 atom stereocenters. The minimum Gasteiger partial charge on any atom is -0.359 e. The summed E-state index contributed by atoms with van der Waals surface area (Å²) in [4.78, 5) is 26.1. The first-order valence-corrected chi connectivity index (χ1v) is 8.81. The zero-order chi connectivity index (χ0) is 18.7. The predicted octanol–water partition coefficient (Wildman–Crippen LogP) is 2.18. The summed E-state index contributed by atoms with van der Waals surface area (Å²) in [5.74, 6) is -0.221. The maximum atomic E-state index is 12.3. The average Bonchev–Trinajstić information content (AvgIpc) is 3.14. The highest BCUT2D eigenvalue weighted by Gasteiger charge is 2.25. The minimum atomic E-state index is -0.221. The largest absolute Gasteiger partial charge is 0.359 e. The second-order valence-corrected chi connectivity index (χ2v) is 6.32. The van der Waals surface area contributed by atoms with Crippen LogP contribution in [0, 0.1) is 13.8 Å². The smallest absolute Gasteiger partial charge is 0.273 e. The SMILES string of the molecule is CCN(CC)Cc1c(C)[nH]c(C=C2C(=O)NN=C2c2cncnc2)c1C. The topological polar surface area (TPSA) is 86.3 Å². The molecule has 1 aliphatic rings. The number of rotatable bonds is 6. The van der Waals surface area contributed by atoms with Gasteiger partial charge in [-0.15, -0.1) is 0 Å².